The number of piperidine rings is 1. The molecular formula is C26H35N5O3. The first kappa shape index (κ1) is 24.0. The average molecular weight is 466 g/mol. The number of amides is 3. The summed E-state index contributed by atoms with van der Waals surface area (Å²) in [4.78, 5) is 29.8. The minimum absolute atomic E-state index is 0.0402. The number of ether oxygens (including phenoxy) is 1. The molecule has 2 saturated heterocycles. The van der Waals surface area contributed by atoms with Crippen LogP contribution in [-0.2, 0) is 4.74 Å². The van der Waals surface area contributed by atoms with Crippen molar-refractivity contribution in [3.05, 3.63) is 59.7 Å². The zero-order chi connectivity index (χ0) is 23.8. The molecule has 0 bridgehead atoms. The van der Waals surface area contributed by atoms with Crippen LogP contribution in [0.5, 0.6) is 0 Å². The number of rotatable bonds is 7. The van der Waals surface area contributed by atoms with Crippen LogP contribution >= 0.6 is 0 Å². The van der Waals surface area contributed by atoms with Crippen LogP contribution in [0.25, 0.3) is 0 Å². The predicted molar refractivity (Wildman–Crippen MR) is 135 cm³/mol. The molecule has 0 aliphatic carbocycles. The van der Waals surface area contributed by atoms with Crippen molar-refractivity contribution in [2.45, 2.75) is 25.8 Å². The van der Waals surface area contributed by atoms with Gasteiger partial charge in [0.05, 0.1) is 18.8 Å². The summed E-state index contributed by atoms with van der Waals surface area (Å²) in [6, 6.07) is 15.5. The van der Waals surface area contributed by atoms with Crippen LogP contribution in [0.3, 0.4) is 0 Å². The Balaban J connectivity index is 1.25. The molecule has 8 heteroatoms. The van der Waals surface area contributed by atoms with Gasteiger partial charge in [0, 0.05) is 56.7 Å². The van der Waals surface area contributed by atoms with Crippen LogP contribution in [0.15, 0.2) is 48.5 Å². The quantitative estimate of drug-likeness (QED) is 0.586. The van der Waals surface area contributed by atoms with Crippen molar-refractivity contribution in [2.75, 3.05) is 62.7 Å². The molecule has 3 N–H and O–H groups in total. The smallest absolute Gasteiger partial charge is 0.319 e. The first-order chi connectivity index (χ1) is 16.6. The van der Waals surface area contributed by atoms with Gasteiger partial charge in [-0.15, -0.1) is 0 Å². The highest BCUT2D eigenvalue weighted by molar-refractivity contribution is 5.99. The molecule has 2 aromatic rings. The number of benzene rings is 2. The second-order valence-corrected chi connectivity index (χ2v) is 8.95. The van der Waals surface area contributed by atoms with Gasteiger partial charge >= 0.3 is 6.03 Å². The number of carbonyl (C=O) groups is 2. The van der Waals surface area contributed by atoms with E-state index in [4.69, 9.17) is 4.74 Å². The molecular weight excluding hydrogens is 430 g/mol. The summed E-state index contributed by atoms with van der Waals surface area (Å²) in [5.41, 5.74) is 3.60. The van der Waals surface area contributed by atoms with E-state index in [-0.39, 0.29) is 18.0 Å². The second kappa shape index (κ2) is 11.9. The SMILES string of the molecule is Cc1ccc(NC(=O)NC2CCN(c3ccccc3C(=O)NCCN3CCOCC3)CC2)cc1. The Hall–Kier alpha value is -3.10. The lowest BCUT2D eigenvalue weighted by molar-refractivity contribution is 0.0383. The van der Waals surface area contributed by atoms with Crippen LogP contribution < -0.4 is 20.9 Å². The number of morpholine rings is 1. The summed E-state index contributed by atoms with van der Waals surface area (Å²) >= 11 is 0. The van der Waals surface area contributed by atoms with E-state index in [0.29, 0.717) is 12.1 Å². The first-order valence-corrected chi connectivity index (χ1v) is 12.1. The number of urea groups is 1. The number of aryl methyl sites for hydroxylation is 1. The van der Waals surface area contributed by atoms with E-state index in [1.807, 2.05) is 55.5 Å². The minimum atomic E-state index is -0.178. The Kier molecular flexibility index (Phi) is 8.38. The lowest BCUT2D eigenvalue weighted by Gasteiger charge is -2.35. The zero-order valence-electron chi connectivity index (χ0n) is 19.9. The average Bonchev–Trinajstić information content (AvgIpc) is 2.86. The normalized spacial score (nSPS) is 17.3. The maximum absolute atomic E-state index is 12.9. The summed E-state index contributed by atoms with van der Waals surface area (Å²) in [5.74, 6) is -0.0402. The van der Waals surface area contributed by atoms with Crippen molar-refractivity contribution in [3.8, 4) is 0 Å². The molecule has 0 radical (unpaired) electrons. The minimum Gasteiger partial charge on any atom is -0.379 e. The van der Waals surface area contributed by atoms with Crippen LogP contribution in [0.4, 0.5) is 16.2 Å². The van der Waals surface area contributed by atoms with E-state index in [1.165, 1.54) is 0 Å². The lowest BCUT2D eigenvalue weighted by atomic mass is 10.0. The number of carbonyl (C=O) groups excluding carboxylic acids is 2. The second-order valence-electron chi connectivity index (χ2n) is 8.95. The molecule has 8 nitrogen and oxygen atoms in total. The fourth-order valence-corrected chi connectivity index (χ4v) is 4.44. The van der Waals surface area contributed by atoms with Gasteiger partial charge in [0.2, 0.25) is 0 Å². The van der Waals surface area contributed by atoms with Crippen molar-refractivity contribution in [2.24, 2.45) is 0 Å². The van der Waals surface area contributed by atoms with Crippen molar-refractivity contribution >= 4 is 23.3 Å². The van der Waals surface area contributed by atoms with Gasteiger partial charge in [0.25, 0.3) is 5.91 Å². The van der Waals surface area contributed by atoms with Crippen LogP contribution in [0.2, 0.25) is 0 Å². The molecule has 2 aliphatic rings. The fraction of sp³-hybridized carbons (Fsp3) is 0.462. The number of hydrogen-bond donors (Lipinski definition) is 3. The first-order valence-electron chi connectivity index (χ1n) is 12.1. The van der Waals surface area contributed by atoms with E-state index in [9.17, 15) is 9.59 Å². The van der Waals surface area contributed by atoms with Gasteiger partial charge in [0.15, 0.2) is 0 Å². The van der Waals surface area contributed by atoms with Crippen LogP contribution in [-0.4, -0.2) is 75.4 Å². The van der Waals surface area contributed by atoms with Crippen LogP contribution in [0.1, 0.15) is 28.8 Å². The summed E-state index contributed by atoms with van der Waals surface area (Å²) in [6.07, 6.45) is 1.66. The van der Waals surface area contributed by atoms with Gasteiger partial charge in [-0.25, -0.2) is 4.79 Å². The van der Waals surface area contributed by atoms with Crippen molar-refractivity contribution < 1.29 is 14.3 Å². The van der Waals surface area contributed by atoms with Gasteiger partial charge in [-0.3, -0.25) is 9.69 Å². The van der Waals surface area contributed by atoms with E-state index in [2.05, 4.69) is 25.8 Å². The van der Waals surface area contributed by atoms with Crippen molar-refractivity contribution in [3.63, 3.8) is 0 Å². The lowest BCUT2D eigenvalue weighted by Crippen LogP contribution is -2.46. The van der Waals surface area contributed by atoms with Gasteiger partial charge in [-0.1, -0.05) is 29.8 Å². The van der Waals surface area contributed by atoms with E-state index < -0.39 is 0 Å². The summed E-state index contributed by atoms with van der Waals surface area (Å²) in [7, 11) is 0. The Labute approximate surface area is 201 Å². The standard InChI is InChI=1S/C26H35N5O3/c1-20-6-8-21(9-7-20)28-26(33)29-22-10-13-31(14-11-22)24-5-3-2-4-23(24)25(32)27-12-15-30-16-18-34-19-17-30/h2-9,22H,10-19H2,1H3,(H,27,32)(H2,28,29,33). The van der Waals surface area contributed by atoms with Crippen LogP contribution in [0, 0.1) is 6.92 Å². The van der Waals surface area contributed by atoms with E-state index >= 15 is 0 Å². The number of hydrogen-bond acceptors (Lipinski definition) is 5. The number of nitrogens with zero attached hydrogens (tertiary/aromatic N) is 2. The Morgan fingerprint density at radius 2 is 1.68 bits per heavy atom. The Morgan fingerprint density at radius 3 is 2.41 bits per heavy atom. The molecule has 182 valence electrons. The van der Waals surface area contributed by atoms with Gasteiger partial charge < -0.3 is 25.6 Å². The molecule has 34 heavy (non-hydrogen) atoms. The molecule has 2 aliphatic heterocycles. The fourth-order valence-electron chi connectivity index (χ4n) is 4.44. The third kappa shape index (κ3) is 6.71. The molecule has 4 rings (SSSR count). The molecule has 0 spiro atoms. The highest BCUT2D eigenvalue weighted by atomic mass is 16.5. The largest absolute Gasteiger partial charge is 0.379 e. The monoisotopic (exact) mass is 465 g/mol. The summed E-state index contributed by atoms with van der Waals surface area (Å²) < 4.78 is 5.38. The molecule has 0 atom stereocenters. The molecule has 0 aromatic heterocycles. The molecule has 0 unspecified atom stereocenters. The highest BCUT2D eigenvalue weighted by Gasteiger charge is 2.24. The zero-order valence-corrected chi connectivity index (χ0v) is 19.9. The number of anilines is 2. The summed E-state index contributed by atoms with van der Waals surface area (Å²) in [6.45, 7) is 8.39. The number of nitrogens with one attached hydrogen (secondary N) is 3. The van der Waals surface area contributed by atoms with Gasteiger partial charge in [0.1, 0.15) is 0 Å². The van der Waals surface area contributed by atoms with E-state index in [0.717, 1.165) is 75.7 Å². The maximum atomic E-state index is 12.9. The predicted octanol–water partition coefficient (Wildman–Crippen LogP) is 2.85. The number of para-hydroxylation sites is 1. The maximum Gasteiger partial charge on any atom is 0.319 e. The topological polar surface area (TPSA) is 85.9 Å². The third-order valence-corrected chi connectivity index (χ3v) is 6.45. The molecule has 2 fully saturated rings. The van der Waals surface area contributed by atoms with Crippen molar-refractivity contribution in [1.29, 1.82) is 0 Å². The van der Waals surface area contributed by atoms with E-state index in [1.54, 1.807) is 0 Å². The molecule has 2 heterocycles. The molecule has 0 saturated carbocycles. The summed E-state index contributed by atoms with van der Waals surface area (Å²) in [5, 5.41) is 9.05. The highest BCUT2D eigenvalue weighted by Crippen LogP contribution is 2.24. The van der Waals surface area contributed by atoms with Gasteiger partial charge in [-0.05, 0) is 44.0 Å². The van der Waals surface area contributed by atoms with Crippen molar-refractivity contribution in [1.82, 2.24) is 15.5 Å². The molecule has 2 aromatic carbocycles. The van der Waals surface area contributed by atoms with Gasteiger partial charge in [-0.2, -0.15) is 0 Å². The Morgan fingerprint density at radius 1 is 0.971 bits per heavy atom. The Bertz CT molecular complexity index is 951. The molecule has 3 amide bonds. The third-order valence-electron chi connectivity index (χ3n) is 6.45.